The summed E-state index contributed by atoms with van der Waals surface area (Å²) in [5.41, 5.74) is 1.44. The lowest BCUT2D eigenvalue weighted by atomic mass is 10.1. The molecule has 0 aliphatic heterocycles. The third kappa shape index (κ3) is 3.87. The van der Waals surface area contributed by atoms with Gasteiger partial charge in [0.2, 0.25) is 0 Å². The number of allylic oxidation sites excluding steroid dienone is 5. The fraction of sp³-hybridized carbons (Fsp3) is 0.0667. The van der Waals surface area contributed by atoms with Crippen molar-refractivity contribution < 1.29 is 9.59 Å². The Hall–Kier alpha value is -2.42. The van der Waals surface area contributed by atoms with Crippen molar-refractivity contribution in [2.24, 2.45) is 0 Å². The molecule has 0 fully saturated rings. The van der Waals surface area contributed by atoms with Crippen LogP contribution in [0.2, 0.25) is 0 Å². The molecule has 0 aliphatic carbocycles. The highest BCUT2D eigenvalue weighted by Crippen LogP contribution is 2.06. The molecule has 0 saturated carbocycles. The molecule has 0 aliphatic rings. The first-order valence-electron chi connectivity index (χ1n) is 5.50. The summed E-state index contributed by atoms with van der Waals surface area (Å²) in [6, 6.07) is 6.67. The number of hydrogen-bond donors (Lipinski definition) is 1. The molecular formula is C15H15NO2. The van der Waals surface area contributed by atoms with E-state index in [9.17, 15) is 9.59 Å². The molecule has 0 aromatic heterocycles. The largest absolute Gasteiger partial charge is 0.326 e. The standard InChI is InChI=1S/C15H15NO2/c1-3-4-5-8-12(2)16-15(18)14-10-7-6-9-13(14)11-17/h3-11H,1H2,2H3,(H,16,18)/b5-4-,12-8+. The molecule has 1 aromatic rings. The van der Waals surface area contributed by atoms with Gasteiger partial charge in [0.1, 0.15) is 0 Å². The second-order valence-electron chi connectivity index (χ2n) is 3.63. The highest BCUT2D eigenvalue weighted by Gasteiger charge is 2.09. The third-order valence-corrected chi connectivity index (χ3v) is 2.24. The van der Waals surface area contributed by atoms with Gasteiger partial charge in [0.25, 0.3) is 5.91 Å². The van der Waals surface area contributed by atoms with E-state index in [2.05, 4.69) is 11.9 Å². The Kier molecular flexibility index (Phi) is 5.32. The molecule has 0 spiro atoms. The number of nitrogens with one attached hydrogen (secondary N) is 1. The zero-order chi connectivity index (χ0) is 13.4. The number of carbonyl (C=O) groups excluding carboxylic acids is 2. The highest BCUT2D eigenvalue weighted by atomic mass is 16.1. The number of amides is 1. The van der Waals surface area contributed by atoms with Gasteiger partial charge in [-0.3, -0.25) is 9.59 Å². The van der Waals surface area contributed by atoms with Crippen LogP contribution in [0, 0.1) is 0 Å². The first-order valence-corrected chi connectivity index (χ1v) is 5.50. The summed E-state index contributed by atoms with van der Waals surface area (Å²) in [4.78, 5) is 22.7. The van der Waals surface area contributed by atoms with Gasteiger partial charge in [-0.1, -0.05) is 43.0 Å². The molecule has 92 valence electrons. The summed E-state index contributed by atoms with van der Waals surface area (Å²) in [7, 11) is 0. The Bertz CT molecular complexity index is 513. The van der Waals surface area contributed by atoms with Crippen molar-refractivity contribution in [3.05, 3.63) is 72.0 Å². The van der Waals surface area contributed by atoms with Crippen molar-refractivity contribution in [2.75, 3.05) is 0 Å². The zero-order valence-corrected chi connectivity index (χ0v) is 10.2. The molecule has 1 aromatic carbocycles. The monoisotopic (exact) mass is 241 g/mol. The van der Waals surface area contributed by atoms with E-state index in [4.69, 9.17) is 0 Å². The van der Waals surface area contributed by atoms with Crippen LogP contribution in [0.5, 0.6) is 0 Å². The van der Waals surface area contributed by atoms with Crippen molar-refractivity contribution in [1.29, 1.82) is 0 Å². The molecule has 0 radical (unpaired) electrons. The third-order valence-electron chi connectivity index (χ3n) is 2.24. The second-order valence-corrected chi connectivity index (χ2v) is 3.63. The Morgan fingerprint density at radius 1 is 1.28 bits per heavy atom. The van der Waals surface area contributed by atoms with Crippen LogP contribution in [0.1, 0.15) is 27.6 Å². The van der Waals surface area contributed by atoms with Crippen LogP contribution < -0.4 is 5.32 Å². The van der Waals surface area contributed by atoms with Gasteiger partial charge in [-0.2, -0.15) is 0 Å². The van der Waals surface area contributed by atoms with Crippen molar-refractivity contribution in [1.82, 2.24) is 5.32 Å². The second kappa shape index (κ2) is 7.01. The molecule has 3 heteroatoms. The van der Waals surface area contributed by atoms with Gasteiger partial charge in [-0.25, -0.2) is 0 Å². The molecule has 0 heterocycles. The highest BCUT2D eigenvalue weighted by molar-refractivity contribution is 6.02. The Morgan fingerprint density at radius 2 is 2.00 bits per heavy atom. The smallest absolute Gasteiger partial charge is 0.256 e. The summed E-state index contributed by atoms with van der Waals surface area (Å²) in [5, 5.41) is 2.71. The van der Waals surface area contributed by atoms with Gasteiger partial charge in [0, 0.05) is 11.3 Å². The molecule has 0 atom stereocenters. The van der Waals surface area contributed by atoms with Crippen LogP contribution in [0.3, 0.4) is 0 Å². The number of hydrogen-bond acceptors (Lipinski definition) is 2. The number of benzene rings is 1. The van der Waals surface area contributed by atoms with E-state index in [1.54, 1.807) is 55.5 Å². The molecule has 0 unspecified atom stereocenters. The predicted molar refractivity (Wildman–Crippen MR) is 72.4 cm³/mol. The minimum absolute atomic E-state index is 0.293. The van der Waals surface area contributed by atoms with Crippen LogP contribution >= 0.6 is 0 Å². The van der Waals surface area contributed by atoms with E-state index in [0.717, 1.165) is 0 Å². The average molecular weight is 241 g/mol. The van der Waals surface area contributed by atoms with Crippen LogP contribution in [-0.2, 0) is 0 Å². The van der Waals surface area contributed by atoms with Gasteiger partial charge >= 0.3 is 0 Å². The Labute approximate surface area is 107 Å². The Balaban J connectivity index is 2.82. The van der Waals surface area contributed by atoms with Crippen molar-refractivity contribution in [3.63, 3.8) is 0 Å². The number of carbonyl (C=O) groups is 2. The zero-order valence-electron chi connectivity index (χ0n) is 10.2. The predicted octanol–water partition coefficient (Wildman–Crippen LogP) is 2.87. The number of aldehydes is 1. The van der Waals surface area contributed by atoms with Gasteiger partial charge in [0.05, 0.1) is 5.56 Å². The lowest BCUT2D eigenvalue weighted by Gasteiger charge is -2.06. The molecule has 0 saturated heterocycles. The maximum Gasteiger partial charge on any atom is 0.256 e. The van der Waals surface area contributed by atoms with Crippen molar-refractivity contribution >= 4 is 12.2 Å². The fourth-order valence-electron chi connectivity index (χ4n) is 1.37. The minimum Gasteiger partial charge on any atom is -0.326 e. The topological polar surface area (TPSA) is 46.2 Å². The lowest BCUT2D eigenvalue weighted by Crippen LogP contribution is -2.22. The molecular weight excluding hydrogens is 226 g/mol. The quantitative estimate of drug-likeness (QED) is 0.636. The van der Waals surface area contributed by atoms with Crippen molar-refractivity contribution in [2.45, 2.75) is 6.92 Å². The van der Waals surface area contributed by atoms with Gasteiger partial charge in [-0.05, 0) is 19.1 Å². The SMILES string of the molecule is C=C/C=C\C=C(/C)NC(=O)c1ccccc1C=O. The molecule has 3 nitrogen and oxygen atoms in total. The summed E-state index contributed by atoms with van der Waals surface area (Å²) in [5.74, 6) is -0.293. The van der Waals surface area contributed by atoms with Crippen molar-refractivity contribution in [3.8, 4) is 0 Å². The Morgan fingerprint density at radius 3 is 2.67 bits per heavy atom. The first-order chi connectivity index (χ1) is 8.69. The summed E-state index contributed by atoms with van der Waals surface area (Å²) in [6.07, 6.45) is 7.60. The molecule has 1 N–H and O–H groups in total. The first kappa shape index (κ1) is 13.6. The van der Waals surface area contributed by atoms with Crippen LogP contribution in [0.15, 0.2) is 60.8 Å². The van der Waals surface area contributed by atoms with E-state index in [0.29, 0.717) is 23.1 Å². The summed E-state index contributed by atoms with van der Waals surface area (Å²) >= 11 is 0. The van der Waals surface area contributed by atoms with Crippen LogP contribution in [0.4, 0.5) is 0 Å². The van der Waals surface area contributed by atoms with E-state index in [1.165, 1.54) is 0 Å². The van der Waals surface area contributed by atoms with Crippen LogP contribution in [-0.4, -0.2) is 12.2 Å². The van der Waals surface area contributed by atoms with Crippen LogP contribution in [0.25, 0.3) is 0 Å². The summed E-state index contributed by atoms with van der Waals surface area (Å²) in [6.45, 7) is 5.32. The van der Waals surface area contributed by atoms with E-state index in [-0.39, 0.29) is 5.91 Å². The minimum atomic E-state index is -0.293. The lowest BCUT2D eigenvalue weighted by molar-refractivity contribution is 0.0960. The van der Waals surface area contributed by atoms with E-state index >= 15 is 0 Å². The molecule has 18 heavy (non-hydrogen) atoms. The molecule has 1 amide bonds. The van der Waals surface area contributed by atoms with E-state index < -0.39 is 0 Å². The number of rotatable bonds is 5. The summed E-state index contributed by atoms with van der Waals surface area (Å²) < 4.78 is 0. The van der Waals surface area contributed by atoms with Gasteiger partial charge < -0.3 is 5.32 Å². The maximum atomic E-state index is 11.9. The molecule has 0 bridgehead atoms. The van der Waals surface area contributed by atoms with Gasteiger partial charge in [-0.15, -0.1) is 0 Å². The normalized spacial score (nSPS) is 11.3. The average Bonchev–Trinajstić information content (AvgIpc) is 2.39. The van der Waals surface area contributed by atoms with E-state index in [1.807, 2.05) is 0 Å². The molecule has 1 rings (SSSR count). The van der Waals surface area contributed by atoms with Gasteiger partial charge in [0.15, 0.2) is 6.29 Å². The fourth-order valence-corrected chi connectivity index (χ4v) is 1.37. The maximum absolute atomic E-state index is 11.9.